The fourth-order valence-electron chi connectivity index (χ4n) is 4.26. The van der Waals surface area contributed by atoms with E-state index in [2.05, 4.69) is 41.0 Å². The number of anilines is 2. The van der Waals surface area contributed by atoms with E-state index in [9.17, 15) is 18.0 Å². The van der Waals surface area contributed by atoms with Crippen molar-refractivity contribution in [3.05, 3.63) is 81.6 Å². The molecule has 4 rings (SSSR count). The number of carbonyl (C=O) groups is 1. The van der Waals surface area contributed by atoms with E-state index in [0.29, 0.717) is 48.5 Å². The zero-order valence-corrected chi connectivity index (χ0v) is 26.0. The SMILES string of the molecule is C=c1nc(NC(C)c2cccc(NC(=O)c3ccc(CN4CCOCC4)c(C(F)(F)F)c3)c2)cn/c1=C/C.CC.CCC. The number of ether oxygens (including phenoxy) is 1. The monoisotopic (exact) mass is 599 g/mol. The normalized spacial score (nSPS) is 14.5. The summed E-state index contributed by atoms with van der Waals surface area (Å²) in [5.41, 5.74) is 0.577. The molecule has 0 aliphatic carbocycles. The number of nitrogens with one attached hydrogen (secondary N) is 2. The van der Waals surface area contributed by atoms with Crippen LogP contribution >= 0.6 is 0 Å². The number of amides is 1. The van der Waals surface area contributed by atoms with Crippen LogP contribution in [0.5, 0.6) is 0 Å². The van der Waals surface area contributed by atoms with Gasteiger partial charge in [-0.2, -0.15) is 13.2 Å². The average Bonchev–Trinajstić information content (AvgIpc) is 2.99. The van der Waals surface area contributed by atoms with E-state index in [-0.39, 0.29) is 23.7 Å². The first kappa shape index (κ1) is 35.4. The molecule has 10 heteroatoms. The number of carbonyl (C=O) groups excluding carboxylic acids is 1. The van der Waals surface area contributed by atoms with Gasteiger partial charge in [-0.25, -0.2) is 4.98 Å². The molecular weight excluding hydrogens is 555 g/mol. The Balaban J connectivity index is 0.00000121. The van der Waals surface area contributed by atoms with Crippen molar-refractivity contribution < 1.29 is 22.7 Å². The molecule has 1 aliphatic heterocycles. The highest BCUT2D eigenvalue weighted by Gasteiger charge is 2.34. The van der Waals surface area contributed by atoms with E-state index in [1.807, 2.05) is 44.7 Å². The average molecular weight is 600 g/mol. The molecule has 1 amide bonds. The molecule has 2 heterocycles. The van der Waals surface area contributed by atoms with Crippen LogP contribution in [0, 0.1) is 0 Å². The van der Waals surface area contributed by atoms with Gasteiger partial charge in [-0.15, -0.1) is 0 Å². The Morgan fingerprint density at radius 3 is 2.42 bits per heavy atom. The third-order valence-corrected chi connectivity index (χ3v) is 6.33. The summed E-state index contributed by atoms with van der Waals surface area (Å²) in [5, 5.41) is 7.23. The van der Waals surface area contributed by atoms with Gasteiger partial charge in [0.15, 0.2) is 0 Å². The van der Waals surface area contributed by atoms with Crippen LogP contribution < -0.4 is 21.3 Å². The zero-order chi connectivity index (χ0) is 32.0. The molecule has 0 bridgehead atoms. The Hall–Kier alpha value is -3.76. The largest absolute Gasteiger partial charge is 0.416 e. The van der Waals surface area contributed by atoms with Crippen LogP contribution in [-0.4, -0.2) is 47.1 Å². The summed E-state index contributed by atoms with van der Waals surface area (Å²) < 4.78 is 46.9. The van der Waals surface area contributed by atoms with Crippen molar-refractivity contribution in [3.8, 4) is 0 Å². The summed E-state index contributed by atoms with van der Waals surface area (Å²) in [6.45, 7) is 18.2. The first-order valence-electron chi connectivity index (χ1n) is 14.7. The third kappa shape index (κ3) is 10.8. The summed E-state index contributed by atoms with van der Waals surface area (Å²) in [5.74, 6) is -0.0652. The zero-order valence-electron chi connectivity index (χ0n) is 26.0. The van der Waals surface area contributed by atoms with Gasteiger partial charge in [0, 0.05) is 30.9 Å². The molecule has 0 spiro atoms. The number of nitrogens with zero attached hydrogens (tertiary/aromatic N) is 3. The summed E-state index contributed by atoms with van der Waals surface area (Å²) in [6.07, 6.45) is 0.111. The second-order valence-electron chi connectivity index (χ2n) is 9.79. The van der Waals surface area contributed by atoms with Gasteiger partial charge < -0.3 is 15.4 Å². The van der Waals surface area contributed by atoms with Gasteiger partial charge in [-0.1, -0.05) is 65.0 Å². The van der Waals surface area contributed by atoms with Crippen molar-refractivity contribution in [1.82, 2.24) is 14.9 Å². The van der Waals surface area contributed by atoms with E-state index < -0.39 is 17.6 Å². The summed E-state index contributed by atoms with van der Waals surface area (Å²) in [7, 11) is 0. The maximum absolute atomic E-state index is 13.9. The van der Waals surface area contributed by atoms with Crippen molar-refractivity contribution in [2.45, 2.75) is 66.7 Å². The van der Waals surface area contributed by atoms with Gasteiger partial charge in [0.2, 0.25) is 0 Å². The maximum atomic E-state index is 13.9. The predicted octanol–water partition coefficient (Wildman–Crippen LogP) is 6.41. The van der Waals surface area contributed by atoms with Gasteiger partial charge in [0.1, 0.15) is 5.82 Å². The molecule has 2 aromatic carbocycles. The molecule has 1 unspecified atom stereocenters. The van der Waals surface area contributed by atoms with E-state index in [0.717, 1.165) is 11.6 Å². The molecule has 1 saturated heterocycles. The van der Waals surface area contributed by atoms with Crippen LogP contribution in [0.1, 0.15) is 81.1 Å². The number of aromatic nitrogens is 2. The van der Waals surface area contributed by atoms with Crippen molar-refractivity contribution in [2.75, 3.05) is 36.9 Å². The lowest BCUT2D eigenvalue weighted by atomic mass is 10.0. The second-order valence-corrected chi connectivity index (χ2v) is 9.79. The lowest BCUT2D eigenvalue weighted by Crippen LogP contribution is -2.36. The van der Waals surface area contributed by atoms with E-state index in [1.165, 1.54) is 18.6 Å². The molecule has 7 nitrogen and oxygen atoms in total. The minimum atomic E-state index is -4.58. The Bertz CT molecular complexity index is 1420. The van der Waals surface area contributed by atoms with Gasteiger partial charge in [0.05, 0.1) is 41.7 Å². The van der Waals surface area contributed by atoms with Crippen LogP contribution in [0.3, 0.4) is 0 Å². The number of hydrogen-bond donors (Lipinski definition) is 2. The number of alkyl halides is 3. The number of rotatable bonds is 7. The van der Waals surface area contributed by atoms with Gasteiger partial charge in [-0.3, -0.25) is 14.7 Å². The third-order valence-electron chi connectivity index (χ3n) is 6.33. The lowest BCUT2D eigenvalue weighted by molar-refractivity contribution is -0.138. The fraction of sp³-hybridized carbons (Fsp3) is 0.424. The van der Waals surface area contributed by atoms with E-state index in [1.54, 1.807) is 24.4 Å². The van der Waals surface area contributed by atoms with E-state index >= 15 is 0 Å². The first-order chi connectivity index (χ1) is 20.5. The lowest BCUT2D eigenvalue weighted by Gasteiger charge is -2.27. The van der Waals surface area contributed by atoms with Gasteiger partial charge >= 0.3 is 6.18 Å². The molecule has 0 saturated carbocycles. The quantitative estimate of drug-likeness (QED) is 0.327. The van der Waals surface area contributed by atoms with Crippen molar-refractivity contribution in [2.24, 2.45) is 0 Å². The molecule has 43 heavy (non-hydrogen) atoms. The second kappa shape index (κ2) is 17.4. The van der Waals surface area contributed by atoms with Crippen LogP contribution in [0.25, 0.3) is 12.7 Å². The topological polar surface area (TPSA) is 79.4 Å². The van der Waals surface area contributed by atoms with Crippen molar-refractivity contribution in [1.29, 1.82) is 0 Å². The highest BCUT2D eigenvalue weighted by molar-refractivity contribution is 6.04. The molecule has 1 atom stereocenters. The molecular formula is C33H44F3N5O2. The fourth-order valence-corrected chi connectivity index (χ4v) is 4.26. The Kier molecular flexibility index (Phi) is 14.3. The van der Waals surface area contributed by atoms with Crippen LogP contribution in [-0.2, 0) is 17.5 Å². The predicted molar refractivity (Wildman–Crippen MR) is 168 cm³/mol. The highest BCUT2D eigenvalue weighted by Crippen LogP contribution is 2.34. The molecule has 1 fully saturated rings. The molecule has 0 radical (unpaired) electrons. The van der Waals surface area contributed by atoms with E-state index in [4.69, 9.17) is 4.74 Å². The van der Waals surface area contributed by atoms with Crippen LogP contribution in [0.2, 0.25) is 0 Å². The molecule has 2 N–H and O–H groups in total. The first-order valence-corrected chi connectivity index (χ1v) is 14.7. The smallest absolute Gasteiger partial charge is 0.379 e. The number of hydrogen-bond acceptors (Lipinski definition) is 6. The number of morpholine rings is 1. The van der Waals surface area contributed by atoms with Crippen LogP contribution in [0.4, 0.5) is 24.7 Å². The molecule has 1 aliphatic rings. The summed E-state index contributed by atoms with van der Waals surface area (Å²) in [6, 6.07) is 10.6. The number of benzene rings is 2. The maximum Gasteiger partial charge on any atom is 0.416 e. The Labute approximate surface area is 252 Å². The Morgan fingerprint density at radius 1 is 1.14 bits per heavy atom. The minimum Gasteiger partial charge on any atom is -0.379 e. The Morgan fingerprint density at radius 2 is 1.81 bits per heavy atom. The van der Waals surface area contributed by atoms with Crippen LogP contribution in [0.15, 0.2) is 48.7 Å². The summed E-state index contributed by atoms with van der Waals surface area (Å²) in [4.78, 5) is 23.5. The van der Waals surface area contributed by atoms with Crippen molar-refractivity contribution >= 4 is 30.1 Å². The van der Waals surface area contributed by atoms with Gasteiger partial charge in [-0.05, 0) is 49.2 Å². The standard InChI is InChI=1S/C28H30F3N5O2.C3H8.C2H6/c1-4-25-19(3)34-26(16-32-25)33-18(2)20-6-5-7-23(14-20)35-27(37)21-8-9-22(24(15-21)28(29,30)31)17-36-10-12-38-13-11-36;1-3-2;1-2/h4-9,14-16,18H,3,10-13,17H2,1-2H3,(H,33,34)(H,35,37);3H2,1-2H3;1-2H3/b25-4+;;. The van der Waals surface area contributed by atoms with Gasteiger partial charge in [0.25, 0.3) is 5.91 Å². The number of halogens is 3. The molecule has 234 valence electrons. The summed E-state index contributed by atoms with van der Waals surface area (Å²) >= 11 is 0. The molecule has 3 aromatic rings. The van der Waals surface area contributed by atoms with Crippen molar-refractivity contribution in [3.63, 3.8) is 0 Å². The minimum absolute atomic E-state index is 0.0642. The highest BCUT2D eigenvalue weighted by atomic mass is 19.4. The molecule has 1 aromatic heterocycles.